The van der Waals surface area contributed by atoms with Crippen LogP contribution in [0.1, 0.15) is 40.5 Å². The molecule has 4 aromatic rings. The molecule has 1 saturated carbocycles. The molecule has 0 unspecified atom stereocenters. The minimum Gasteiger partial charge on any atom is -0.497 e. The molecule has 1 atom stereocenters. The summed E-state index contributed by atoms with van der Waals surface area (Å²) in [5.41, 5.74) is 4.14. The van der Waals surface area contributed by atoms with Crippen molar-refractivity contribution >= 4 is 29.1 Å². The molecule has 37 heavy (non-hydrogen) atoms. The zero-order valence-corrected chi connectivity index (χ0v) is 21.1. The van der Waals surface area contributed by atoms with Gasteiger partial charge in [0, 0.05) is 22.8 Å². The van der Waals surface area contributed by atoms with Crippen molar-refractivity contribution < 1.29 is 14.3 Å². The van der Waals surface area contributed by atoms with Crippen LogP contribution in [0.4, 0.5) is 5.69 Å². The number of aromatic nitrogens is 1. The van der Waals surface area contributed by atoms with Crippen LogP contribution in [-0.2, 0) is 4.79 Å². The summed E-state index contributed by atoms with van der Waals surface area (Å²) >= 11 is 6.39. The van der Waals surface area contributed by atoms with Gasteiger partial charge >= 0.3 is 0 Å². The Morgan fingerprint density at radius 1 is 0.946 bits per heavy atom. The van der Waals surface area contributed by atoms with Crippen molar-refractivity contribution in [2.24, 2.45) is 0 Å². The van der Waals surface area contributed by atoms with Crippen LogP contribution >= 0.6 is 11.6 Å². The first kappa shape index (κ1) is 23.4. The number of carbonyl (C=O) groups excluding carboxylic acids is 2. The highest BCUT2D eigenvalue weighted by Crippen LogP contribution is 2.43. The maximum atomic E-state index is 14.2. The molecule has 0 N–H and O–H groups in total. The van der Waals surface area contributed by atoms with Crippen molar-refractivity contribution in [2.45, 2.75) is 24.9 Å². The average Bonchev–Trinajstić information content (AvgIpc) is 3.65. The van der Waals surface area contributed by atoms with Gasteiger partial charge in [-0.25, -0.2) is 0 Å². The van der Waals surface area contributed by atoms with Crippen LogP contribution in [0.15, 0.2) is 91.1 Å². The molecule has 186 valence electrons. The summed E-state index contributed by atoms with van der Waals surface area (Å²) < 4.78 is 7.35. The van der Waals surface area contributed by atoms with Crippen LogP contribution in [0.5, 0.6) is 5.75 Å². The van der Waals surface area contributed by atoms with Crippen LogP contribution in [0, 0.1) is 0 Å². The van der Waals surface area contributed by atoms with Gasteiger partial charge in [0.15, 0.2) is 0 Å². The van der Waals surface area contributed by atoms with Gasteiger partial charge in [-0.05, 0) is 79.1 Å². The summed E-state index contributed by atoms with van der Waals surface area (Å²) in [5.74, 6) is 0.396. The van der Waals surface area contributed by atoms with Gasteiger partial charge in [0.05, 0.1) is 24.2 Å². The molecule has 0 spiro atoms. The van der Waals surface area contributed by atoms with E-state index < -0.39 is 0 Å². The Labute approximate surface area is 220 Å². The second-order valence-corrected chi connectivity index (χ2v) is 9.84. The normalized spacial score (nSPS) is 16.1. The average molecular weight is 512 g/mol. The highest BCUT2D eigenvalue weighted by molar-refractivity contribution is 6.30. The lowest BCUT2D eigenvalue weighted by atomic mass is 9.97. The molecule has 0 saturated heterocycles. The Bertz CT molecular complexity index is 1480. The summed E-state index contributed by atoms with van der Waals surface area (Å²) in [6, 6.07) is 26.2. The number of benzene rings is 3. The summed E-state index contributed by atoms with van der Waals surface area (Å²) in [4.78, 5) is 31.3. The molecule has 0 bridgehead atoms. The molecular formula is C30H26ClN3O3. The number of rotatable bonds is 6. The van der Waals surface area contributed by atoms with E-state index in [0.717, 1.165) is 35.5 Å². The lowest BCUT2D eigenvalue weighted by molar-refractivity contribution is -0.119. The molecule has 6 rings (SSSR count). The first-order valence-corrected chi connectivity index (χ1v) is 12.7. The Morgan fingerprint density at radius 2 is 1.70 bits per heavy atom. The summed E-state index contributed by atoms with van der Waals surface area (Å²) in [7, 11) is 1.59. The molecule has 1 aliphatic heterocycles. The molecule has 1 aliphatic carbocycles. The molecule has 7 heteroatoms. The van der Waals surface area contributed by atoms with Crippen LogP contribution in [-0.4, -0.2) is 41.0 Å². The molecule has 6 nitrogen and oxygen atoms in total. The number of ether oxygens (including phenoxy) is 1. The quantitative estimate of drug-likeness (QED) is 0.325. The van der Waals surface area contributed by atoms with E-state index in [2.05, 4.69) is 4.57 Å². The Morgan fingerprint density at radius 3 is 2.41 bits per heavy atom. The Balaban J connectivity index is 1.39. The first-order valence-electron chi connectivity index (χ1n) is 12.3. The number of nitrogens with zero attached hydrogens (tertiary/aromatic N) is 3. The van der Waals surface area contributed by atoms with Crippen molar-refractivity contribution in [3.8, 4) is 11.4 Å². The van der Waals surface area contributed by atoms with Gasteiger partial charge < -0.3 is 14.2 Å². The molecule has 1 aromatic heterocycles. The van der Waals surface area contributed by atoms with E-state index in [1.807, 2.05) is 71.8 Å². The van der Waals surface area contributed by atoms with Crippen LogP contribution in [0.2, 0.25) is 5.02 Å². The molecule has 2 heterocycles. The fraction of sp³-hybridized carbons (Fsp3) is 0.200. The van der Waals surface area contributed by atoms with Crippen molar-refractivity contribution in [3.63, 3.8) is 0 Å². The smallest absolute Gasteiger partial charge is 0.254 e. The van der Waals surface area contributed by atoms with Crippen molar-refractivity contribution in [1.29, 1.82) is 0 Å². The van der Waals surface area contributed by atoms with Gasteiger partial charge in [0.2, 0.25) is 5.91 Å². The van der Waals surface area contributed by atoms with Crippen molar-refractivity contribution in [3.05, 3.63) is 113 Å². The second-order valence-electron chi connectivity index (χ2n) is 9.41. The third-order valence-corrected chi connectivity index (χ3v) is 7.28. The fourth-order valence-electron chi connectivity index (χ4n) is 5.13. The van der Waals surface area contributed by atoms with Gasteiger partial charge in [-0.2, -0.15) is 0 Å². The van der Waals surface area contributed by atoms with E-state index in [4.69, 9.17) is 16.3 Å². The van der Waals surface area contributed by atoms with E-state index in [-0.39, 0.29) is 30.4 Å². The number of amides is 2. The highest BCUT2D eigenvalue weighted by Gasteiger charge is 2.40. The van der Waals surface area contributed by atoms with E-state index in [9.17, 15) is 9.59 Å². The number of halogens is 1. The van der Waals surface area contributed by atoms with Crippen LogP contribution < -0.4 is 9.64 Å². The monoisotopic (exact) mass is 511 g/mol. The predicted octanol–water partition coefficient (Wildman–Crippen LogP) is 5.88. The zero-order valence-electron chi connectivity index (χ0n) is 20.4. The zero-order chi connectivity index (χ0) is 25.5. The Hall–Kier alpha value is -4.03. The topological polar surface area (TPSA) is 54.8 Å². The van der Waals surface area contributed by atoms with Gasteiger partial charge in [0.1, 0.15) is 18.3 Å². The number of fused-ring (bicyclic) bond motifs is 3. The summed E-state index contributed by atoms with van der Waals surface area (Å²) in [6.07, 6.45) is 3.80. The molecule has 3 aromatic carbocycles. The van der Waals surface area contributed by atoms with E-state index in [1.165, 1.54) is 0 Å². The predicted molar refractivity (Wildman–Crippen MR) is 144 cm³/mol. The SMILES string of the molecule is COc1ccc(C(=O)N(CC(=O)N2c3ccccc3-n3cccc3[C@H]2c2cccc(Cl)c2)C2CC2)cc1. The first-order chi connectivity index (χ1) is 18.0. The van der Waals surface area contributed by atoms with E-state index in [1.54, 1.807) is 36.3 Å². The van der Waals surface area contributed by atoms with Gasteiger partial charge in [0.25, 0.3) is 5.91 Å². The minimum absolute atomic E-state index is 0.0123. The van der Waals surface area contributed by atoms with Gasteiger partial charge in [-0.1, -0.05) is 35.9 Å². The maximum Gasteiger partial charge on any atom is 0.254 e. The number of hydrogen-bond acceptors (Lipinski definition) is 3. The summed E-state index contributed by atoms with van der Waals surface area (Å²) in [5, 5.41) is 0.608. The van der Waals surface area contributed by atoms with Crippen molar-refractivity contribution in [2.75, 3.05) is 18.6 Å². The number of para-hydroxylation sites is 2. The number of hydrogen-bond donors (Lipinski definition) is 0. The lowest BCUT2D eigenvalue weighted by Gasteiger charge is -2.39. The standard InChI is InChI=1S/C30H26ClN3O3/c1-37-24-15-11-20(12-16-24)30(36)33(23-13-14-23)19-28(35)34-26-9-3-2-8-25(26)32-17-5-10-27(32)29(34)21-6-4-7-22(31)18-21/h2-12,15-18,23,29H,13-14,19H2,1H3/t29-/m1/s1. The number of carbonyl (C=O) groups is 2. The van der Waals surface area contributed by atoms with Gasteiger partial charge in [-0.3, -0.25) is 14.5 Å². The minimum atomic E-state index is -0.381. The van der Waals surface area contributed by atoms with E-state index in [0.29, 0.717) is 16.3 Å². The number of anilines is 1. The highest BCUT2D eigenvalue weighted by atomic mass is 35.5. The van der Waals surface area contributed by atoms with Crippen molar-refractivity contribution in [1.82, 2.24) is 9.47 Å². The largest absolute Gasteiger partial charge is 0.497 e. The van der Waals surface area contributed by atoms with Crippen LogP contribution in [0.3, 0.4) is 0 Å². The maximum absolute atomic E-state index is 14.2. The summed E-state index contributed by atoms with van der Waals surface area (Å²) in [6.45, 7) is -0.0123. The fourth-order valence-corrected chi connectivity index (χ4v) is 5.33. The Kier molecular flexibility index (Phi) is 5.97. The molecule has 0 radical (unpaired) electrons. The van der Waals surface area contributed by atoms with E-state index >= 15 is 0 Å². The van der Waals surface area contributed by atoms with Crippen LogP contribution in [0.25, 0.3) is 5.69 Å². The third-order valence-electron chi connectivity index (χ3n) is 7.04. The molecule has 2 aliphatic rings. The third kappa shape index (κ3) is 4.27. The molecule has 2 amide bonds. The molecular weight excluding hydrogens is 486 g/mol. The van der Waals surface area contributed by atoms with Gasteiger partial charge in [-0.15, -0.1) is 0 Å². The molecule has 1 fully saturated rings. The lowest BCUT2D eigenvalue weighted by Crippen LogP contribution is -2.47. The number of methoxy groups -OCH3 is 1. The second kappa shape index (κ2) is 9.45.